The van der Waals surface area contributed by atoms with Crippen molar-refractivity contribution in [3.63, 3.8) is 0 Å². The topological polar surface area (TPSA) is 59.2 Å². The summed E-state index contributed by atoms with van der Waals surface area (Å²) in [4.78, 5) is 7.84. The average Bonchev–Trinajstić information content (AvgIpc) is 3.23. The van der Waals surface area contributed by atoms with E-state index >= 15 is 0 Å². The number of para-hydroxylation sites is 2. The highest BCUT2D eigenvalue weighted by Gasteiger charge is 2.18. The van der Waals surface area contributed by atoms with Crippen LogP contribution in [0.5, 0.6) is 5.75 Å². The predicted molar refractivity (Wildman–Crippen MR) is 94.5 cm³/mol. The van der Waals surface area contributed by atoms with Gasteiger partial charge < -0.3 is 19.8 Å². The minimum atomic E-state index is 0.150. The molecule has 124 valence electrons. The maximum absolute atomic E-state index is 6.14. The Morgan fingerprint density at radius 1 is 1.29 bits per heavy atom. The van der Waals surface area contributed by atoms with Crippen LogP contribution in [0.15, 0.2) is 42.5 Å². The zero-order valence-electron chi connectivity index (χ0n) is 13.7. The summed E-state index contributed by atoms with van der Waals surface area (Å²) in [5.74, 6) is 1.70. The van der Waals surface area contributed by atoms with E-state index in [0.717, 1.165) is 41.3 Å². The van der Waals surface area contributed by atoms with E-state index in [4.69, 9.17) is 9.47 Å². The van der Waals surface area contributed by atoms with Gasteiger partial charge in [0, 0.05) is 18.5 Å². The number of nitrogens with one attached hydrogen (secondary N) is 2. The normalized spacial score (nSPS) is 17.3. The summed E-state index contributed by atoms with van der Waals surface area (Å²) >= 11 is 0. The number of hydrogen-bond donors (Lipinski definition) is 2. The molecule has 0 radical (unpaired) electrons. The van der Waals surface area contributed by atoms with Gasteiger partial charge in [-0.05, 0) is 30.7 Å². The maximum atomic E-state index is 6.14. The average molecular weight is 323 g/mol. The lowest BCUT2D eigenvalue weighted by molar-refractivity contribution is 0.140. The first kappa shape index (κ1) is 15.0. The third kappa shape index (κ3) is 3.21. The van der Waals surface area contributed by atoms with Gasteiger partial charge in [0.15, 0.2) is 0 Å². The van der Waals surface area contributed by atoms with Crippen LogP contribution in [0.1, 0.15) is 17.5 Å². The van der Waals surface area contributed by atoms with Crippen LogP contribution in [0.25, 0.3) is 11.0 Å². The molecule has 1 fully saturated rings. The van der Waals surface area contributed by atoms with Crippen molar-refractivity contribution in [2.24, 2.45) is 0 Å². The Bertz CT molecular complexity index is 804. The molecule has 4 rings (SSSR count). The van der Waals surface area contributed by atoms with Gasteiger partial charge in [-0.2, -0.15) is 0 Å². The molecule has 0 amide bonds. The first-order valence-corrected chi connectivity index (χ1v) is 8.30. The molecular weight excluding hydrogens is 302 g/mol. The van der Waals surface area contributed by atoms with Crippen molar-refractivity contribution >= 4 is 17.0 Å². The molecule has 0 saturated carbocycles. The van der Waals surface area contributed by atoms with Gasteiger partial charge in [-0.3, -0.25) is 0 Å². The van der Waals surface area contributed by atoms with Gasteiger partial charge in [0.05, 0.1) is 24.2 Å². The van der Waals surface area contributed by atoms with Crippen LogP contribution in [0.3, 0.4) is 0 Å². The highest BCUT2D eigenvalue weighted by Crippen LogP contribution is 2.25. The van der Waals surface area contributed by atoms with Gasteiger partial charge in [-0.1, -0.05) is 24.3 Å². The Kier molecular flexibility index (Phi) is 4.09. The summed E-state index contributed by atoms with van der Waals surface area (Å²) in [6.45, 7) is 4.19. The number of aryl methyl sites for hydroxylation is 1. The van der Waals surface area contributed by atoms with Crippen molar-refractivity contribution < 1.29 is 9.47 Å². The predicted octanol–water partition coefficient (Wildman–Crippen LogP) is 3.65. The zero-order chi connectivity index (χ0) is 16.4. The molecule has 1 unspecified atom stereocenters. The Labute approximate surface area is 141 Å². The van der Waals surface area contributed by atoms with Gasteiger partial charge in [0.2, 0.25) is 5.95 Å². The van der Waals surface area contributed by atoms with Gasteiger partial charge in [0.1, 0.15) is 11.9 Å². The van der Waals surface area contributed by atoms with Crippen molar-refractivity contribution in [3.05, 3.63) is 53.6 Å². The number of H-pyrrole nitrogens is 1. The smallest absolute Gasteiger partial charge is 0.201 e. The first-order valence-electron chi connectivity index (χ1n) is 8.30. The van der Waals surface area contributed by atoms with E-state index in [-0.39, 0.29) is 6.10 Å². The number of ether oxygens (including phenoxy) is 2. The van der Waals surface area contributed by atoms with Crippen molar-refractivity contribution in [2.45, 2.75) is 26.0 Å². The quantitative estimate of drug-likeness (QED) is 0.752. The third-order valence-electron chi connectivity index (χ3n) is 4.24. The largest absolute Gasteiger partial charge is 0.488 e. The fraction of sp³-hybridized carbons (Fsp3) is 0.316. The van der Waals surface area contributed by atoms with Crippen molar-refractivity contribution in [1.29, 1.82) is 0 Å². The molecule has 1 saturated heterocycles. The fourth-order valence-electron chi connectivity index (χ4n) is 2.92. The molecule has 5 heteroatoms. The Hall–Kier alpha value is -2.53. The van der Waals surface area contributed by atoms with Crippen LogP contribution in [-0.4, -0.2) is 29.3 Å². The summed E-state index contributed by atoms with van der Waals surface area (Å²) in [5, 5.41) is 3.36. The SMILES string of the molecule is Cc1ccc(CNc2nc3ccccc3[nH]2)c(OC2CCOC2)c1. The molecule has 2 aromatic carbocycles. The first-order chi connectivity index (χ1) is 11.8. The summed E-state index contributed by atoms with van der Waals surface area (Å²) < 4.78 is 11.5. The Morgan fingerprint density at radius 3 is 3.04 bits per heavy atom. The van der Waals surface area contributed by atoms with Crippen LogP contribution in [-0.2, 0) is 11.3 Å². The van der Waals surface area contributed by atoms with Crippen LogP contribution in [0.2, 0.25) is 0 Å². The summed E-state index contributed by atoms with van der Waals surface area (Å²) in [6.07, 6.45) is 1.10. The summed E-state index contributed by atoms with van der Waals surface area (Å²) in [7, 11) is 0. The fourth-order valence-corrected chi connectivity index (χ4v) is 2.92. The maximum Gasteiger partial charge on any atom is 0.201 e. The minimum absolute atomic E-state index is 0.150. The zero-order valence-corrected chi connectivity index (χ0v) is 13.7. The second-order valence-corrected chi connectivity index (χ2v) is 6.17. The number of rotatable bonds is 5. The standard InChI is InChI=1S/C19H21N3O2/c1-13-6-7-14(18(10-13)24-15-8-9-23-12-15)11-20-19-21-16-4-2-3-5-17(16)22-19/h2-7,10,15H,8-9,11-12H2,1H3,(H2,20,21,22). The van der Waals surface area contributed by atoms with E-state index in [1.807, 2.05) is 24.3 Å². The van der Waals surface area contributed by atoms with E-state index in [9.17, 15) is 0 Å². The van der Waals surface area contributed by atoms with Gasteiger partial charge in [-0.25, -0.2) is 4.98 Å². The second-order valence-electron chi connectivity index (χ2n) is 6.17. The molecule has 24 heavy (non-hydrogen) atoms. The molecule has 1 aromatic heterocycles. The third-order valence-corrected chi connectivity index (χ3v) is 4.24. The molecule has 1 aliphatic rings. The molecule has 5 nitrogen and oxygen atoms in total. The molecule has 2 N–H and O–H groups in total. The number of aromatic amines is 1. The molecule has 1 aliphatic heterocycles. The van der Waals surface area contributed by atoms with Gasteiger partial charge >= 0.3 is 0 Å². The minimum Gasteiger partial charge on any atom is -0.488 e. The second kappa shape index (κ2) is 6.53. The van der Waals surface area contributed by atoms with E-state index in [0.29, 0.717) is 13.2 Å². The number of aromatic nitrogens is 2. The number of fused-ring (bicyclic) bond motifs is 1. The van der Waals surface area contributed by atoms with E-state index in [1.165, 1.54) is 5.56 Å². The highest BCUT2D eigenvalue weighted by molar-refractivity contribution is 5.77. The van der Waals surface area contributed by atoms with E-state index in [1.54, 1.807) is 0 Å². The number of nitrogens with zero attached hydrogens (tertiary/aromatic N) is 1. The number of imidazole rings is 1. The summed E-state index contributed by atoms with van der Waals surface area (Å²) in [5.41, 5.74) is 4.30. The van der Waals surface area contributed by atoms with Crippen molar-refractivity contribution in [2.75, 3.05) is 18.5 Å². The number of benzene rings is 2. The molecule has 2 heterocycles. The lowest BCUT2D eigenvalue weighted by atomic mass is 10.1. The van der Waals surface area contributed by atoms with Gasteiger partial charge in [-0.15, -0.1) is 0 Å². The molecule has 0 bridgehead atoms. The number of anilines is 1. The molecule has 0 spiro atoms. The molecule has 1 atom stereocenters. The molecule has 3 aromatic rings. The summed E-state index contributed by atoms with van der Waals surface area (Å²) in [6, 6.07) is 14.3. The van der Waals surface area contributed by atoms with Crippen molar-refractivity contribution in [1.82, 2.24) is 9.97 Å². The lowest BCUT2D eigenvalue weighted by Crippen LogP contribution is -2.17. The number of hydrogen-bond acceptors (Lipinski definition) is 4. The highest BCUT2D eigenvalue weighted by atomic mass is 16.5. The van der Waals surface area contributed by atoms with Crippen LogP contribution in [0, 0.1) is 6.92 Å². The van der Waals surface area contributed by atoms with E-state index in [2.05, 4.69) is 40.4 Å². The van der Waals surface area contributed by atoms with Crippen molar-refractivity contribution in [3.8, 4) is 5.75 Å². The molecule has 0 aliphatic carbocycles. The Balaban J connectivity index is 1.50. The van der Waals surface area contributed by atoms with Crippen LogP contribution in [0.4, 0.5) is 5.95 Å². The van der Waals surface area contributed by atoms with Gasteiger partial charge in [0.25, 0.3) is 0 Å². The Morgan fingerprint density at radius 2 is 2.21 bits per heavy atom. The monoisotopic (exact) mass is 323 g/mol. The molecular formula is C19H21N3O2. The lowest BCUT2D eigenvalue weighted by Gasteiger charge is -2.16. The van der Waals surface area contributed by atoms with Crippen LogP contribution < -0.4 is 10.1 Å². The van der Waals surface area contributed by atoms with E-state index < -0.39 is 0 Å². The van der Waals surface area contributed by atoms with Crippen LogP contribution >= 0.6 is 0 Å².